The maximum absolute atomic E-state index is 13.4. The van der Waals surface area contributed by atoms with Gasteiger partial charge < -0.3 is 5.32 Å². The molecule has 1 heterocycles. The third kappa shape index (κ3) is 3.72. The summed E-state index contributed by atoms with van der Waals surface area (Å²) in [5.74, 6) is -3.11. The van der Waals surface area contributed by atoms with E-state index < -0.39 is 29.6 Å². The normalized spacial score (nSPS) is 17.7. The molecule has 2 N–H and O–H groups in total. The molecule has 0 aromatic heterocycles. The molecule has 4 amide bonds. The lowest BCUT2D eigenvalue weighted by molar-refractivity contribution is -0.132. The van der Waals surface area contributed by atoms with Crippen molar-refractivity contribution in [3.8, 4) is 0 Å². The molecule has 1 atom stereocenters. The molecule has 2 aromatic rings. The van der Waals surface area contributed by atoms with Gasteiger partial charge in [0.25, 0.3) is 5.91 Å². The van der Waals surface area contributed by atoms with Crippen LogP contribution in [0.3, 0.4) is 0 Å². The molecule has 1 aliphatic rings. The van der Waals surface area contributed by atoms with Crippen LogP contribution in [0.2, 0.25) is 0 Å². The van der Waals surface area contributed by atoms with Gasteiger partial charge in [-0.25, -0.2) is 14.1 Å². The molecule has 27 heavy (non-hydrogen) atoms. The van der Waals surface area contributed by atoms with E-state index in [1.54, 1.807) is 43.3 Å². The molecule has 0 spiro atoms. The minimum absolute atomic E-state index is 0.257. The lowest BCUT2D eigenvalue weighted by Gasteiger charge is -2.31. The van der Waals surface area contributed by atoms with Gasteiger partial charge in [-0.1, -0.05) is 29.8 Å². The van der Waals surface area contributed by atoms with E-state index >= 15 is 0 Å². The van der Waals surface area contributed by atoms with Crippen LogP contribution in [0.1, 0.15) is 12.5 Å². The number of hydrogen-bond donors (Lipinski definition) is 2. The van der Waals surface area contributed by atoms with Crippen LogP contribution in [0.5, 0.6) is 0 Å². The molecule has 1 aliphatic heterocycles. The number of benzene rings is 2. The number of nitrogens with zero attached hydrogens (tertiary/aromatic N) is 1. The van der Waals surface area contributed by atoms with Gasteiger partial charge >= 0.3 is 6.03 Å². The fraction of sp³-hybridized carbons (Fsp3) is 0.150. The number of anilines is 2. The maximum Gasteiger partial charge on any atom is 0.335 e. The summed E-state index contributed by atoms with van der Waals surface area (Å²) in [6.45, 7) is 3.53. The number of imide groups is 2. The molecule has 1 saturated heterocycles. The summed E-state index contributed by atoms with van der Waals surface area (Å²) in [7, 11) is 0. The summed E-state index contributed by atoms with van der Waals surface area (Å²) in [6, 6.07) is 11.7. The van der Waals surface area contributed by atoms with Gasteiger partial charge in [0.1, 0.15) is 5.82 Å². The van der Waals surface area contributed by atoms with Crippen LogP contribution < -0.4 is 15.5 Å². The highest BCUT2D eigenvalue weighted by atomic mass is 19.1. The van der Waals surface area contributed by atoms with Crippen molar-refractivity contribution in [1.82, 2.24) is 5.32 Å². The molecular weight excluding hydrogens is 349 g/mol. The Morgan fingerprint density at radius 2 is 1.85 bits per heavy atom. The summed E-state index contributed by atoms with van der Waals surface area (Å²) in [5, 5.41) is 5.10. The SMILES string of the molecule is C/C=C(/Nc1cccc(F)c1)[C@H]1C(=O)NC(=O)N(c2ccc(C)cc2)C1=O. The van der Waals surface area contributed by atoms with Crippen molar-refractivity contribution in [2.24, 2.45) is 5.92 Å². The van der Waals surface area contributed by atoms with E-state index in [0.29, 0.717) is 11.4 Å². The third-order valence-corrected chi connectivity index (χ3v) is 4.19. The summed E-state index contributed by atoms with van der Waals surface area (Å²) in [4.78, 5) is 38.5. The van der Waals surface area contributed by atoms with Gasteiger partial charge in [0, 0.05) is 11.4 Å². The molecule has 0 unspecified atom stereocenters. The Hall–Kier alpha value is -3.48. The number of halogens is 1. The topological polar surface area (TPSA) is 78.5 Å². The van der Waals surface area contributed by atoms with Gasteiger partial charge in [-0.05, 0) is 44.2 Å². The van der Waals surface area contributed by atoms with E-state index in [4.69, 9.17) is 0 Å². The Morgan fingerprint density at radius 3 is 2.48 bits per heavy atom. The lowest BCUT2D eigenvalue weighted by Crippen LogP contribution is -2.59. The summed E-state index contributed by atoms with van der Waals surface area (Å²) < 4.78 is 13.4. The average molecular weight is 367 g/mol. The molecule has 6 nitrogen and oxygen atoms in total. The summed E-state index contributed by atoms with van der Waals surface area (Å²) in [6.07, 6.45) is 1.55. The van der Waals surface area contributed by atoms with Crippen LogP contribution in [0, 0.1) is 18.7 Å². The van der Waals surface area contributed by atoms with Crippen LogP contribution in [0.4, 0.5) is 20.6 Å². The number of urea groups is 1. The zero-order valence-electron chi connectivity index (χ0n) is 14.8. The van der Waals surface area contributed by atoms with E-state index in [9.17, 15) is 18.8 Å². The van der Waals surface area contributed by atoms with Crippen molar-refractivity contribution in [3.05, 3.63) is 71.7 Å². The van der Waals surface area contributed by atoms with Crippen LogP contribution in [-0.4, -0.2) is 17.8 Å². The number of carbonyl (C=O) groups excluding carboxylic acids is 3. The van der Waals surface area contributed by atoms with Crippen LogP contribution in [-0.2, 0) is 9.59 Å². The first-order chi connectivity index (χ1) is 12.9. The first kappa shape index (κ1) is 18.3. The second-order valence-corrected chi connectivity index (χ2v) is 6.12. The number of amides is 4. The molecule has 3 rings (SSSR count). The number of rotatable bonds is 4. The number of nitrogens with one attached hydrogen (secondary N) is 2. The smallest absolute Gasteiger partial charge is 0.335 e. The van der Waals surface area contributed by atoms with Crippen LogP contribution in [0.15, 0.2) is 60.3 Å². The van der Waals surface area contributed by atoms with Gasteiger partial charge in [-0.15, -0.1) is 0 Å². The number of carbonyl (C=O) groups is 3. The van der Waals surface area contributed by atoms with E-state index in [-0.39, 0.29) is 5.70 Å². The van der Waals surface area contributed by atoms with Gasteiger partial charge in [0.15, 0.2) is 5.92 Å². The van der Waals surface area contributed by atoms with E-state index in [0.717, 1.165) is 10.5 Å². The predicted octanol–water partition coefficient (Wildman–Crippen LogP) is 3.35. The summed E-state index contributed by atoms with van der Waals surface area (Å²) >= 11 is 0. The summed E-state index contributed by atoms with van der Waals surface area (Å²) in [5.41, 5.74) is 1.98. The Balaban J connectivity index is 1.92. The van der Waals surface area contributed by atoms with Crippen LogP contribution in [0.25, 0.3) is 0 Å². The molecule has 138 valence electrons. The molecule has 2 aromatic carbocycles. The minimum Gasteiger partial charge on any atom is -0.358 e. The first-order valence-electron chi connectivity index (χ1n) is 8.35. The monoisotopic (exact) mass is 367 g/mol. The van der Waals surface area contributed by atoms with E-state index in [2.05, 4.69) is 10.6 Å². The van der Waals surface area contributed by atoms with Crippen molar-refractivity contribution in [1.29, 1.82) is 0 Å². The van der Waals surface area contributed by atoms with E-state index in [1.807, 2.05) is 6.92 Å². The van der Waals surface area contributed by atoms with Gasteiger partial charge in [-0.3, -0.25) is 14.9 Å². The number of barbiturate groups is 1. The predicted molar refractivity (Wildman–Crippen MR) is 99.5 cm³/mol. The largest absolute Gasteiger partial charge is 0.358 e. The molecule has 0 bridgehead atoms. The highest BCUT2D eigenvalue weighted by molar-refractivity contribution is 6.29. The fourth-order valence-corrected chi connectivity index (χ4v) is 2.83. The quantitative estimate of drug-likeness (QED) is 0.813. The molecule has 1 fully saturated rings. The highest BCUT2D eigenvalue weighted by Crippen LogP contribution is 2.26. The van der Waals surface area contributed by atoms with Crippen molar-refractivity contribution in [3.63, 3.8) is 0 Å². The Morgan fingerprint density at radius 1 is 1.15 bits per heavy atom. The number of aryl methyl sites for hydroxylation is 1. The van der Waals surface area contributed by atoms with Crippen molar-refractivity contribution in [2.75, 3.05) is 10.2 Å². The minimum atomic E-state index is -1.25. The first-order valence-corrected chi connectivity index (χ1v) is 8.35. The molecule has 0 aliphatic carbocycles. The average Bonchev–Trinajstić information content (AvgIpc) is 2.62. The number of hydrogen-bond acceptors (Lipinski definition) is 4. The van der Waals surface area contributed by atoms with Crippen LogP contribution >= 0.6 is 0 Å². The lowest BCUT2D eigenvalue weighted by atomic mass is 9.99. The molecule has 0 radical (unpaired) electrons. The Bertz CT molecular complexity index is 938. The second kappa shape index (κ2) is 7.41. The van der Waals surface area contributed by atoms with Gasteiger partial charge in [0.2, 0.25) is 5.91 Å². The Kier molecular flexibility index (Phi) is 5.03. The highest BCUT2D eigenvalue weighted by Gasteiger charge is 2.43. The molecular formula is C20H18FN3O3. The van der Waals surface area contributed by atoms with E-state index in [1.165, 1.54) is 18.2 Å². The van der Waals surface area contributed by atoms with Crippen molar-refractivity contribution >= 4 is 29.2 Å². The zero-order valence-corrected chi connectivity index (χ0v) is 14.8. The third-order valence-electron chi connectivity index (χ3n) is 4.19. The van der Waals surface area contributed by atoms with Gasteiger partial charge in [0.05, 0.1) is 5.69 Å². The Labute approximate surface area is 155 Å². The zero-order chi connectivity index (χ0) is 19.6. The second-order valence-electron chi connectivity index (χ2n) is 6.12. The maximum atomic E-state index is 13.4. The fourth-order valence-electron chi connectivity index (χ4n) is 2.83. The standard InChI is InChI=1S/C20H18FN3O3/c1-3-16(22-14-6-4-5-13(21)11-14)17-18(25)23-20(27)24(19(17)26)15-9-7-12(2)8-10-15/h3-11,17,22H,1-2H3,(H,23,25,27)/b16-3+/t17-/m0/s1. The molecule has 7 heteroatoms. The van der Waals surface area contributed by atoms with Gasteiger partial charge in [-0.2, -0.15) is 0 Å². The number of allylic oxidation sites excluding steroid dienone is 1. The van der Waals surface area contributed by atoms with Crippen molar-refractivity contribution in [2.45, 2.75) is 13.8 Å². The molecule has 0 saturated carbocycles. The van der Waals surface area contributed by atoms with Crippen molar-refractivity contribution < 1.29 is 18.8 Å².